The monoisotopic (exact) mass is 546 g/mol. The SMILES string of the molecule is CC(=O)C1CCC2C3CC=C4CC(OC(=O)c5cccc(I)c5)CCC4(C)C3CCC12C. The van der Waals surface area contributed by atoms with Crippen molar-refractivity contribution >= 4 is 34.3 Å². The molecule has 32 heavy (non-hydrogen) atoms. The third-order valence-corrected chi connectivity index (χ3v) is 10.6. The Balaban J connectivity index is 1.32. The summed E-state index contributed by atoms with van der Waals surface area (Å²) >= 11 is 2.23. The average molecular weight is 546 g/mol. The van der Waals surface area contributed by atoms with E-state index in [9.17, 15) is 9.59 Å². The van der Waals surface area contributed by atoms with Gasteiger partial charge in [0.15, 0.2) is 0 Å². The van der Waals surface area contributed by atoms with Crippen molar-refractivity contribution in [2.24, 2.45) is 34.5 Å². The van der Waals surface area contributed by atoms with Crippen LogP contribution in [0.15, 0.2) is 35.9 Å². The molecule has 1 aromatic rings. The van der Waals surface area contributed by atoms with Crippen molar-refractivity contribution in [1.29, 1.82) is 0 Å². The molecule has 0 radical (unpaired) electrons. The van der Waals surface area contributed by atoms with Crippen molar-refractivity contribution in [1.82, 2.24) is 0 Å². The van der Waals surface area contributed by atoms with Crippen LogP contribution in [0.1, 0.15) is 82.5 Å². The molecular weight excluding hydrogens is 511 g/mol. The van der Waals surface area contributed by atoms with Gasteiger partial charge in [-0.3, -0.25) is 4.79 Å². The van der Waals surface area contributed by atoms with E-state index < -0.39 is 0 Å². The number of hydrogen-bond acceptors (Lipinski definition) is 3. The summed E-state index contributed by atoms with van der Waals surface area (Å²) in [7, 11) is 0. The molecule has 0 spiro atoms. The molecule has 0 saturated heterocycles. The van der Waals surface area contributed by atoms with Crippen molar-refractivity contribution in [2.75, 3.05) is 0 Å². The zero-order chi connectivity index (χ0) is 22.7. The van der Waals surface area contributed by atoms with Gasteiger partial charge in [-0.1, -0.05) is 31.6 Å². The second kappa shape index (κ2) is 8.25. The molecule has 3 fully saturated rings. The van der Waals surface area contributed by atoms with Gasteiger partial charge in [0.25, 0.3) is 0 Å². The van der Waals surface area contributed by atoms with E-state index in [-0.39, 0.29) is 28.8 Å². The van der Waals surface area contributed by atoms with Crippen LogP contribution in [0, 0.1) is 38.1 Å². The average Bonchev–Trinajstić information content (AvgIpc) is 3.11. The number of halogens is 1. The van der Waals surface area contributed by atoms with Gasteiger partial charge in [-0.15, -0.1) is 0 Å². The molecule has 172 valence electrons. The summed E-state index contributed by atoms with van der Waals surface area (Å²) in [6, 6.07) is 7.65. The van der Waals surface area contributed by atoms with E-state index in [0.29, 0.717) is 29.1 Å². The Kier molecular flexibility index (Phi) is 5.83. The maximum atomic E-state index is 12.7. The van der Waals surface area contributed by atoms with E-state index in [1.54, 1.807) is 0 Å². The number of carbonyl (C=O) groups excluding carboxylic acids is 2. The molecule has 5 rings (SSSR count). The number of Topliss-reactive ketones (excluding diaryl/α,β-unsaturated/α-hetero) is 1. The van der Waals surface area contributed by atoms with Crippen molar-refractivity contribution < 1.29 is 14.3 Å². The van der Waals surface area contributed by atoms with Gasteiger partial charge in [-0.05, 0) is 121 Å². The predicted octanol–water partition coefficient (Wildman–Crippen LogP) is 6.98. The van der Waals surface area contributed by atoms with Gasteiger partial charge in [0.2, 0.25) is 0 Å². The molecule has 0 aliphatic heterocycles. The van der Waals surface area contributed by atoms with Crippen LogP contribution in [-0.4, -0.2) is 17.9 Å². The minimum atomic E-state index is -0.193. The first-order valence-electron chi connectivity index (χ1n) is 12.4. The Hall–Kier alpha value is -1.17. The number of carbonyl (C=O) groups is 2. The highest BCUT2D eigenvalue weighted by Gasteiger charge is 2.59. The highest BCUT2D eigenvalue weighted by molar-refractivity contribution is 14.1. The highest BCUT2D eigenvalue weighted by atomic mass is 127. The maximum Gasteiger partial charge on any atom is 0.338 e. The number of fused-ring (bicyclic) bond motifs is 5. The van der Waals surface area contributed by atoms with Crippen molar-refractivity contribution in [3.05, 3.63) is 45.0 Å². The molecule has 0 amide bonds. The van der Waals surface area contributed by atoms with E-state index >= 15 is 0 Å². The number of allylic oxidation sites excluding steroid dienone is 1. The molecule has 0 bridgehead atoms. The van der Waals surface area contributed by atoms with Gasteiger partial charge < -0.3 is 4.74 Å². The summed E-state index contributed by atoms with van der Waals surface area (Å²) in [6.07, 6.45) is 11.3. The number of ketones is 1. The van der Waals surface area contributed by atoms with Crippen LogP contribution in [0.25, 0.3) is 0 Å². The molecule has 1 aromatic carbocycles. The first kappa shape index (κ1) is 22.6. The molecule has 3 nitrogen and oxygen atoms in total. The number of rotatable bonds is 3. The molecule has 7 atom stereocenters. The smallest absolute Gasteiger partial charge is 0.338 e. The molecular formula is C28H35IO3. The van der Waals surface area contributed by atoms with Crippen molar-refractivity contribution in [3.63, 3.8) is 0 Å². The minimum absolute atomic E-state index is 0.0151. The second-order valence-corrected chi connectivity index (χ2v) is 12.6. The van der Waals surface area contributed by atoms with Crippen molar-refractivity contribution in [3.8, 4) is 0 Å². The summed E-state index contributed by atoms with van der Waals surface area (Å²) in [5, 5.41) is 0. The lowest BCUT2D eigenvalue weighted by Crippen LogP contribution is -2.51. The summed E-state index contributed by atoms with van der Waals surface area (Å²) in [5.74, 6) is 2.57. The Bertz CT molecular complexity index is 967. The Morgan fingerprint density at radius 2 is 1.88 bits per heavy atom. The number of hydrogen-bond donors (Lipinski definition) is 0. The van der Waals surface area contributed by atoms with Gasteiger partial charge >= 0.3 is 5.97 Å². The molecule has 0 N–H and O–H groups in total. The standard InChI is InChI=1S/C28H35IO3/c1-17(30)23-9-10-24-22-8-7-19-16-21(32-26(31)18-5-4-6-20(29)15-18)11-13-27(19,2)25(22)12-14-28(23,24)3/h4-7,15,21-25H,8-14,16H2,1-3H3. The van der Waals surface area contributed by atoms with Crippen LogP contribution < -0.4 is 0 Å². The summed E-state index contributed by atoms with van der Waals surface area (Å²) in [4.78, 5) is 25.1. The molecule has 4 aliphatic carbocycles. The lowest BCUT2D eigenvalue weighted by Gasteiger charge is -2.58. The van der Waals surface area contributed by atoms with Crippen molar-refractivity contribution in [2.45, 2.75) is 78.2 Å². The normalized spacial score (nSPS) is 40.5. The van der Waals surface area contributed by atoms with Gasteiger partial charge in [-0.2, -0.15) is 0 Å². The Morgan fingerprint density at radius 3 is 2.62 bits per heavy atom. The van der Waals surface area contributed by atoms with E-state index in [1.807, 2.05) is 31.2 Å². The number of esters is 1. The lowest BCUT2D eigenvalue weighted by molar-refractivity contribution is -0.127. The number of benzene rings is 1. The molecule has 7 unspecified atom stereocenters. The summed E-state index contributed by atoms with van der Waals surface area (Å²) in [6.45, 7) is 6.70. The first-order chi connectivity index (χ1) is 15.2. The lowest BCUT2D eigenvalue weighted by atomic mass is 9.47. The molecule has 0 aromatic heterocycles. The van der Waals surface area contributed by atoms with E-state index in [4.69, 9.17) is 4.74 Å². The molecule has 4 aliphatic rings. The van der Waals surface area contributed by atoms with Crippen LogP contribution in [0.2, 0.25) is 0 Å². The second-order valence-electron chi connectivity index (χ2n) is 11.3. The maximum absolute atomic E-state index is 12.7. The van der Waals surface area contributed by atoms with Gasteiger partial charge in [0.1, 0.15) is 11.9 Å². The topological polar surface area (TPSA) is 43.4 Å². The third kappa shape index (κ3) is 3.59. The molecule has 0 heterocycles. The van der Waals surface area contributed by atoms with Crippen LogP contribution in [-0.2, 0) is 9.53 Å². The fraction of sp³-hybridized carbons (Fsp3) is 0.643. The fourth-order valence-corrected chi connectivity index (χ4v) is 8.77. The predicted molar refractivity (Wildman–Crippen MR) is 134 cm³/mol. The van der Waals surface area contributed by atoms with Gasteiger partial charge in [-0.25, -0.2) is 4.79 Å². The van der Waals surface area contributed by atoms with Crippen LogP contribution in [0.5, 0.6) is 0 Å². The van der Waals surface area contributed by atoms with E-state index in [2.05, 4.69) is 42.5 Å². The van der Waals surface area contributed by atoms with Crippen LogP contribution in [0.3, 0.4) is 0 Å². The zero-order valence-corrected chi connectivity index (χ0v) is 21.7. The van der Waals surface area contributed by atoms with E-state index in [0.717, 1.165) is 35.7 Å². The highest BCUT2D eigenvalue weighted by Crippen LogP contribution is 2.66. The van der Waals surface area contributed by atoms with Gasteiger partial charge in [0.05, 0.1) is 5.56 Å². The largest absolute Gasteiger partial charge is 0.458 e. The van der Waals surface area contributed by atoms with Crippen LogP contribution >= 0.6 is 22.6 Å². The van der Waals surface area contributed by atoms with Gasteiger partial charge in [0, 0.05) is 15.9 Å². The molecule has 3 saturated carbocycles. The number of ether oxygens (including phenoxy) is 1. The van der Waals surface area contributed by atoms with Crippen LogP contribution in [0.4, 0.5) is 0 Å². The third-order valence-electron chi connectivity index (χ3n) is 9.88. The first-order valence-corrected chi connectivity index (χ1v) is 13.5. The molecule has 4 heteroatoms. The Labute approximate surface area is 205 Å². The Morgan fingerprint density at radius 1 is 1.06 bits per heavy atom. The zero-order valence-electron chi connectivity index (χ0n) is 19.5. The minimum Gasteiger partial charge on any atom is -0.458 e. The van der Waals surface area contributed by atoms with E-state index in [1.165, 1.54) is 24.8 Å². The quantitative estimate of drug-likeness (QED) is 0.233. The summed E-state index contributed by atoms with van der Waals surface area (Å²) < 4.78 is 7.02. The fourth-order valence-electron chi connectivity index (χ4n) is 8.23. The summed E-state index contributed by atoms with van der Waals surface area (Å²) in [5.41, 5.74) is 2.60.